The van der Waals surface area contributed by atoms with Gasteiger partial charge in [-0.2, -0.15) is 0 Å². The lowest BCUT2D eigenvalue weighted by atomic mass is 9.92. The molecule has 6 heteroatoms. The summed E-state index contributed by atoms with van der Waals surface area (Å²) in [5.74, 6) is 0.313. The van der Waals surface area contributed by atoms with E-state index in [-0.39, 0.29) is 17.7 Å². The van der Waals surface area contributed by atoms with Crippen molar-refractivity contribution < 1.29 is 9.59 Å². The quantitative estimate of drug-likeness (QED) is 0.831. The topological polar surface area (TPSA) is 64.7 Å². The van der Waals surface area contributed by atoms with Gasteiger partial charge in [0.1, 0.15) is 0 Å². The Morgan fingerprint density at radius 1 is 1.15 bits per heavy atom. The highest BCUT2D eigenvalue weighted by Gasteiger charge is 2.25. The molecule has 2 amide bonds. The number of anilines is 1. The van der Waals surface area contributed by atoms with Crippen LogP contribution in [0.1, 0.15) is 26.2 Å². The molecule has 2 atom stereocenters. The van der Waals surface area contributed by atoms with Crippen LogP contribution >= 0.6 is 0 Å². The number of piperazine rings is 1. The molecule has 0 spiro atoms. The molecule has 3 rings (SSSR count). The zero-order valence-electron chi connectivity index (χ0n) is 15.6. The van der Waals surface area contributed by atoms with Crippen molar-refractivity contribution in [3.05, 3.63) is 30.3 Å². The van der Waals surface area contributed by atoms with E-state index >= 15 is 0 Å². The van der Waals surface area contributed by atoms with E-state index in [0.717, 1.165) is 45.6 Å². The lowest BCUT2D eigenvalue weighted by molar-refractivity contribution is -0.131. The Morgan fingerprint density at radius 3 is 2.58 bits per heavy atom. The second-order valence-corrected chi connectivity index (χ2v) is 7.32. The summed E-state index contributed by atoms with van der Waals surface area (Å²) in [6, 6.07) is 10.7. The lowest BCUT2D eigenvalue weighted by Crippen LogP contribution is -2.49. The van der Waals surface area contributed by atoms with Crippen molar-refractivity contribution in [3.8, 4) is 0 Å². The van der Waals surface area contributed by atoms with Crippen molar-refractivity contribution in [2.24, 2.45) is 5.92 Å². The fourth-order valence-electron chi connectivity index (χ4n) is 3.82. The lowest BCUT2D eigenvalue weighted by Gasteiger charge is -2.36. The third kappa shape index (κ3) is 4.97. The molecule has 1 aromatic rings. The zero-order valence-corrected chi connectivity index (χ0v) is 15.6. The molecule has 2 aliphatic heterocycles. The number of amides is 2. The van der Waals surface area contributed by atoms with Crippen LogP contribution in [-0.4, -0.2) is 62.0 Å². The molecule has 26 heavy (non-hydrogen) atoms. The van der Waals surface area contributed by atoms with Gasteiger partial charge in [-0.3, -0.25) is 9.59 Å². The maximum absolute atomic E-state index is 12.4. The van der Waals surface area contributed by atoms with Crippen LogP contribution < -0.4 is 15.5 Å². The highest BCUT2D eigenvalue weighted by Crippen LogP contribution is 2.17. The van der Waals surface area contributed by atoms with E-state index in [9.17, 15) is 9.59 Å². The van der Waals surface area contributed by atoms with Gasteiger partial charge in [0.25, 0.3) is 0 Å². The van der Waals surface area contributed by atoms with Crippen molar-refractivity contribution >= 4 is 17.5 Å². The largest absolute Gasteiger partial charge is 0.368 e. The van der Waals surface area contributed by atoms with Gasteiger partial charge in [-0.25, -0.2) is 0 Å². The average Bonchev–Trinajstić information content (AvgIpc) is 2.68. The minimum Gasteiger partial charge on any atom is -0.368 e. The molecule has 0 unspecified atom stereocenters. The van der Waals surface area contributed by atoms with Gasteiger partial charge >= 0.3 is 0 Å². The molecule has 2 fully saturated rings. The molecular formula is C20H30N4O2. The first-order valence-electron chi connectivity index (χ1n) is 9.72. The minimum absolute atomic E-state index is 0.0794. The Balaban J connectivity index is 1.36. The number of hydrogen-bond acceptors (Lipinski definition) is 4. The molecule has 6 nitrogen and oxygen atoms in total. The zero-order chi connectivity index (χ0) is 18.4. The second kappa shape index (κ2) is 9.03. The summed E-state index contributed by atoms with van der Waals surface area (Å²) in [7, 11) is 0. The third-order valence-corrected chi connectivity index (χ3v) is 5.39. The monoisotopic (exact) mass is 358 g/mol. The number of para-hydroxylation sites is 1. The second-order valence-electron chi connectivity index (χ2n) is 7.32. The smallest absolute Gasteiger partial charge is 0.224 e. The molecule has 2 saturated heterocycles. The number of carbonyl (C=O) groups excluding carboxylic acids is 2. The fourth-order valence-corrected chi connectivity index (χ4v) is 3.82. The Hall–Kier alpha value is -2.08. The molecule has 0 radical (unpaired) electrons. The van der Waals surface area contributed by atoms with E-state index in [0.29, 0.717) is 19.0 Å². The summed E-state index contributed by atoms with van der Waals surface area (Å²) in [4.78, 5) is 28.9. The van der Waals surface area contributed by atoms with Gasteiger partial charge in [0, 0.05) is 56.8 Å². The van der Waals surface area contributed by atoms with Crippen LogP contribution in [0.25, 0.3) is 0 Å². The first-order chi connectivity index (χ1) is 12.6. The molecule has 0 saturated carbocycles. The normalized spacial score (nSPS) is 23.6. The Morgan fingerprint density at radius 2 is 1.88 bits per heavy atom. The summed E-state index contributed by atoms with van der Waals surface area (Å²) in [5, 5.41) is 6.31. The Kier molecular flexibility index (Phi) is 6.50. The summed E-state index contributed by atoms with van der Waals surface area (Å²) < 4.78 is 0. The fraction of sp³-hybridized carbons (Fsp3) is 0.600. The highest BCUT2D eigenvalue weighted by molar-refractivity contribution is 5.80. The molecule has 0 aliphatic carbocycles. The first kappa shape index (κ1) is 18.7. The van der Waals surface area contributed by atoms with Crippen LogP contribution in [0.2, 0.25) is 0 Å². The summed E-state index contributed by atoms with van der Waals surface area (Å²) in [6.07, 6.45) is 2.14. The third-order valence-electron chi connectivity index (χ3n) is 5.39. The number of rotatable bonds is 5. The van der Waals surface area contributed by atoms with Crippen LogP contribution in [0.15, 0.2) is 30.3 Å². The number of nitrogens with one attached hydrogen (secondary N) is 2. The van der Waals surface area contributed by atoms with Gasteiger partial charge in [0.05, 0.1) is 0 Å². The van der Waals surface area contributed by atoms with E-state index < -0.39 is 0 Å². The highest BCUT2D eigenvalue weighted by atomic mass is 16.2. The van der Waals surface area contributed by atoms with Crippen LogP contribution in [0.5, 0.6) is 0 Å². The van der Waals surface area contributed by atoms with E-state index in [1.807, 2.05) is 23.1 Å². The first-order valence-corrected chi connectivity index (χ1v) is 9.72. The summed E-state index contributed by atoms with van der Waals surface area (Å²) in [6.45, 7) is 6.64. The number of carbonyl (C=O) groups is 2. The van der Waals surface area contributed by atoms with Crippen molar-refractivity contribution in [2.45, 2.75) is 32.2 Å². The van der Waals surface area contributed by atoms with E-state index in [4.69, 9.17) is 0 Å². The molecule has 2 heterocycles. The number of nitrogens with zero attached hydrogens (tertiary/aromatic N) is 2. The Bertz CT molecular complexity index is 599. The van der Waals surface area contributed by atoms with Crippen LogP contribution in [0, 0.1) is 5.92 Å². The number of piperidine rings is 1. The molecule has 142 valence electrons. The maximum Gasteiger partial charge on any atom is 0.224 e. The van der Waals surface area contributed by atoms with Crippen molar-refractivity contribution in [1.29, 1.82) is 0 Å². The number of benzene rings is 1. The molecule has 0 bridgehead atoms. The van der Waals surface area contributed by atoms with Gasteiger partial charge in [-0.1, -0.05) is 18.2 Å². The van der Waals surface area contributed by atoms with Crippen LogP contribution in [-0.2, 0) is 9.59 Å². The van der Waals surface area contributed by atoms with Crippen molar-refractivity contribution in [3.63, 3.8) is 0 Å². The van der Waals surface area contributed by atoms with Crippen molar-refractivity contribution in [2.75, 3.05) is 44.2 Å². The molecule has 2 aliphatic rings. The van der Waals surface area contributed by atoms with Gasteiger partial charge in [0.15, 0.2) is 0 Å². The molecule has 1 aromatic carbocycles. The van der Waals surface area contributed by atoms with Crippen LogP contribution in [0.4, 0.5) is 5.69 Å². The van der Waals surface area contributed by atoms with E-state index in [1.54, 1.807) is 0 Å². The van der Waals surface area contributed by atoms with Gasteiger partial charge in [-0.05, 0) is 38.4 Å². The minimum atomic E-state index is 0.0794. The molecular weight excluding hydrogens is 328 g/mol. The summed E-state index contributed by atoms with van der Waals surface area (Å²) >= 11 is 0. The predicted octanol–water partition coefficient (Wildman–Crippen LogP) is 1.23. The maximum atomic E-state index is 12.4. The van der Waals surface area contributed by atoms with Gasteiger partial charge in [0.2, 0.25) is 11.8 Å². The molecule has 0 aromatic heterocycles. The average molecular weight is 358 g/mol. The van der Waals surface area contributed by atoms with E-state index in [2.05, 4.69) is 34.6 Å². The van der Waals surface area contributed by atoms with Crippen LogP contribution in [0.3, 0.4) is 0 Å². The van der Waals surface area contributed by atoms with Crippen molar-refractivity contribution in [1.82, 2.24) is 15.5 Å². The van der Waals surface area contributed by atoms with E-state index in [1.165, 1.54) is 5.69 Å². The number of hydrogen-bond donors (Lipinski definition) is 2. The molecule has 2 N–H and O–H groups in total. The van der Waals surface area contributed by atoms with Gasteiger partial charge in [-0.15, -0.1) is 0 Å². The van der Waals surface area contributed by atoms with Gasteiger partial charge < -0.3 is 20.4 Å². The Labute approximate surface area is 155 Å². The predicted molar refractivity (Wildman–Crippen MR) is 103 cm³/mol. The standard InChI is InChI=1S/C20H30N4O2/c1-16-15-17(7-9-21-16)20(26)22-10-8-19(25)24-13-11-23(12-14-24)18-5-3-2-4-6-18/h2-6,16-17,21H,7-15H2,1H3,(H,22,26)/t16-,17-/m0/s1. The summed E-state index contributed by atoms with van der Waals surface area (Å²) in [5.41, 5.74) is 1.21. The SMILES string of the molecule is C[C@H]1C[C@@H](C(=O)NCCC(=O)N2CCN(c3ccccc3)CC2)CCN1.